The number of aromatic amines is 1. The van der Waals surface area contributed by atoms with E-state index in [2.05, 4.69) is 16.6 Å². The van der Waals surface area contributed by atoms with Crippen molar-refractivity contribution < 1.29 is 0 Å². The predicted octanol–water partition coefficient (Wildman–Crippen LogP) is 2.69. The number of hydrogen-bond donors (Lipinski definition) is 1. The SMILES string of the molecule is C=Cc1[nH]c(C)cc1N=CC. The van der Waals surface area contributed by atoms with Crippen LogP contribution >= 0.6 is 0 Å². The molecule has 1 heterocycles. The molecular weight excluding hydrogens is 136 g/mol. The van der Waals surface area contributed by atoms with Crippen molar-refractivity contribution in [1.29, 1.82) is 0 Å². The van der Waals surface area contributed by atoms with Gasteiger partial charge in [0, 0.05) is 11.9 Å². The molecule has 2 heteroatoms. The minimum absolute atomic E-state index is 0.958. The van der Waals surface area contributed by atoms with Crippen LogP contribution in [0.2, 0.25) is 0 Å². The summed E-state index contributed by atoms with van der Waals surface area (Å²) in [5, 5.41) is 0. The van der Waals surface area contributed by atoms with Gasteiger partial charge in [-0.25, -0.2) is 0 Å². The van der Waals surface area contributed by atoms with E-state index in [-0.39, 0.29) is 0 Å². The molecule has 0 radical (unpaired) electrons. The van der Waals surface area contributed by atoms with E-state index < -0.39 is 0 Å². The van der Waals surface area contributed by atoms with Gasteiger partial charge in [0.15, 0.2) is 0 Å². The summed E-state index contributed by atoms with van der Waals surface area (Å²) in [5.41, 5.74) is 3.06. The number of aliphatic imine (C=N–C) groups is 1. The second kappa shape index (κ2) is 3.19. The summed E-state index contributed by atoms with van der Waals surface area (Å²) in [7, 11) is 0. The van der Waals surface area contributed by atoms with Crippen LogP contribution in [0.4, 0.5) is 5.69 Å². The number of nitrogens with zero attached hydrogens (tertiary/aromatic N) is 1. The van der Waals surface area contributed by atoms with Crippen molar-refractivity contribution in [2.24, 2.45) is 4.99 Å². The average molecular weight is 148 g/mol. The minimum atomic E-state index is 0.958. The average Bonchev–Trinajstić information content (AvgIpc) is 2.32. The summed E-state index contributed by atoms with van der Waals surface area (Å²) in [4.78, 5) is 7.32. The fourth-order valence-electron chi connectivity index (χ4n) is 0.997. The Balaban J connectivity index is 3.11. The number of hydrogen-bond acceptors (Lipinski definition) is 1. The topological polar surface area (TPSA) is 28.1 Å². The van der Waals surface area contributed by atoms with Gasteiger partial charge in [0.1, 0.15) is 0 Å². The van der Waals surface area contributed by atoms with E-state index in [1.165, 1.54) is 0 Å². The van der Waals surface area contributed by atoms with Gasteiger partial charge in [-0.3, -0.25) is 4.99 Å². The molecule has 0 saturated heterocycles. The Hall–Kier alpha value is -1.31. The zero-order valence-corrected chi connectivity index (χ0v) is 6.89. The summed E-state index contributed by atoms with van der Waals surface area (Å²) in [6, 6.07) is 2.00. The lowest BCUT2D eigenvalue weighted by molar-refractivity contribution is 1.25. The third kappa shape index (κ3) is 1.58. The molecule has 0 aliphatic rings. The van der Waals surface area contributed by atoms with Gasteiger partial charge in [0.2, 0.25) is 0 Å². The van der Waals surface area contributed by atoms with E-state index in [1.807, 2.05) is 19.9 Å². The Kier molecular flexibility index (Phi) is 2.26. The Labute approximate surface area is 66.7 Å². The number of aromatic nitrogens is 1. The summed E-state index contributed by atoms with van der Waals surface area (Å²) >= 11 is 0. The first-order valence-corrected chi connectivity index (χ1v) is 3.58. The highest BCUT2D eigenvalue weighted by Gasteiger charge is 1.98. The molecule has 0 aromatic carbocycles. The smallest absolute Gasteiger partial charge is 0.0877 e. The van der Waals surface area contributed by atoms with Crippen molar-refractivity contribution in [3.8, 4) is 0 Å². The van der Waals surface area contributed by atoms with Crippen LogP contribution in [0.15, 0.2) is 17.6 Å². The Morgan fingerprint density at radius 2 is 2.36 bits per heavy atom. The second-order valence-electron chi connectivity index (χ2n) is 2.34. The normalized spacial score (nSPS) is 10.7. The van der Waals surface area contributed by atoms with Crippen molar-refractivity contribution in [2.75, 3.05) is 0 Å². The maximum atomic E-state index is 4.17. The summed E-state index contributed by atoms with van der Waals surface area (Å²) in [6.07, 6.45) is 3.55. The molecule has 0 unspecified atom stereocenters. The van der Waals surface area contributed by atoms with E-state index in [1.54, 1.807) is 12.3 Å². The van der Waals surface area contributed by atoms with Crippen molar-refractivity contribution in [2.45, 2.75) is 13.8 Å². The zero-order chi connectivity index (χ0) is 8.27. The first-order valence-electron chi connectivity index (χ1n) is 3.58. The van der Waals surface area contributed by atoms with E-state index >= 15 is 0 Å². The lowest BCUT2D eigenvalue weighted by Gasteiger charge is -1.87. The molecule has 1 aromatic rings. The van der Waals surface area contributed by atoms with Crippen LogP contribution < -0.4 is 0 Å². The van der Waals surface area contributed by atoms with Crippen molar-refractivity contribution in [3.05, 3.63) is 24.0 Å². The molecule has 1 rings (SSSR count). The van der Waals surface area contributed by atoms with Gasteiger partial charge in [-0.15, -0.1) is 0 Å². The minimum Gasteiger partial charge on any atom is -0.357 e. The molecule has 0 fully saturated rings. The highest BCUT2D eigenvalue weighted by molar-refractivity contribution is 5.67. The molecule has 0 aliphatic heterocycles. The van der Waals surface area contributed by atoms with Gasteiger partial charge in [0.05, 0.1) is 11.4 Å². The lowest BCUT2D eigenvalue weighted by Crippen LogP contribution is -1.70. The Morgan fingerprint density at radius 1 is 1.64 bits per heavy atom. The molecular formula is C9H12N2. The quantitative estimate of drug-likeness (QED) is 0.624. The van der Waals surface area contributed by atoms with Crippen LogP contribution in [0, 0.1) is 6.92 Å². The van der Waals surface area contributed by atoms with Crippen LogP contribution in [-0.2, 0) is 0 Å². The van der Waals surface area contributed by atoms with Gasteiger partial charge in [-0.2, -0.15) is 0 Å². The molecule has 1 aromatic heterocycles. The van der Waals surface area contributed by atoms with E-state index in [9.17, 15) is 0 Å². The molecule has 0 saturated carbocycles. The van der Waals surface area contributed by atoms with Gasteiger partial charge in [-0.1, -0.05) is 6.58 Å². The van der Waals surface area contributed by atoms with Crippen LogP contribution in [0.5, 0.6) is 0 Å². The van der Waals surface area contributed by atoms with Crippen molar-refractivity contribution in [3.63, 3.8) is 0 Å². The molecule has 11 heavy (non-hydrogen) atoms. The van der Waals surface area contributed by atoms with Gasteiger partial charge < -0.3 is 4.98 Å². The third-order valence-electron chi connectivity index (χ3n) is 1.43. The lowest BCUT2D eigenvalue weighted by atomic mass is 10.3. The summed E-state index contributed by atoms with van der Waals surface area (Å²) < 4.78 is 0. The number of aryl methyl sites for hydroxylation is 1. The molecule has 2 nitrogen and oxygen atoms in total. The summed E-state index contributed by atoms with van der Waals surface area (Å²) in [5.74, 6) is 0. The summed E-state index contributed by atoms with van der Waals surface area (Å²) in [6.45, 7) is 7.58. The Morgan fingerprint density at radius 3 is 2.91 bits per heavy atom. The van der Waals surface area contributed by atoms with E-state index in [0.717, 1.165) is 17.1 Å². The maximum absolute atomic E-state index is 4.17. The van der Waals surface area contributed by atoms with Gasteiger partial charge in [-0.05, 0) is 26.0 Å². The highest BCUT2D eigenvalue weighted by Crippen LogP contribution is 2.20. The number of H-pyrrole nitrogens is 1. The molecule has 0 aliphatic carbocycles. The second-order valence-corrected chi connectivity index (χ2v) is 2.34. The predicted molar refractivity (Wildman–Crippen MR) is 49.4 cm³/mol. The third-order valence-corrected chi connectivity index (χ3v) is 1.43. The van der Waals surface area contributed by atoms with Crippen LogP contribution in [0.1, 0.15) is 18.3 Å². The maximum Gasteiger partial charge on any atom is 0.0877 e. The van der Waals surface area contributed by atoms with Gasteiger partial charge in [0.25, 0.3) is 0 Å². The fourth-order valence-corrected chi connectivity index (χ4v) is 0.997. The highest BCUT2D eigenvalue weighted by atomic mass is 14.8. The zero-order valence-electron chi connectivity index (χ0n) is 6.89. The van der Waals surface area contributed by atoms with Crippen LogP contribution in [0.25, 0.3) is 6.08 Å². The van der Waals surface area contributed by atoms with E-state index in [4.69, 9.17) is 0 Å². The number of nitrogens with one attached hydrogen (secondary N) is 1. The van der Waals surface area contributed by atoms with Crippen LogP contribution in [-0.4, -0.2) is 11.2 Å². The van der Waals surface area contributed by atoms with Crippen molar-refractivity contribution in [1.82, 2.24) is 4.98 Å². The molecule has 58 valence electrons. The molecule has 0 atom stereocenters. The fraction of sp³-hybridized carbons (Fsp3) is 0.222. The monoisotopic (exact) mass is 148 g/mol. The molecule has 1 N–H and O–H groups in total. The Bertz CT molecular complexity index is 282. The standard InChI is InChI=1S/C9H12N2/c1-4-8-9(10-5-2)6-7(3)11-8/h4-6,11H,1H2,2-3H3. The molecule has 0 amide bonds. The van der Waals surface area contributed by atoms with Crippen molar-refractivity contribution >= 4 is 18.0 Å². The molecule has 0 spiro atoms. The first-order chi connectivity index (χ1) is 5.27. The first kappa shape index (κ1) is 7.79. The van der Waals surface area contributed by atoms with Crippen LogP contribution in [0.3, 0.4) is 0 Å². The van der Waals surface area contributed by atoms with E-state index in [0.29, 0.717) is 0 Å². The van der Waals surface area contributed by atoms with Gasteiger partial charge >= 0.3 is 0 Å². The molecule has 0 bridgehead atoms. The largest absolute Gasteiger partial charge is 0.357 e. The number of rotatable bonds is 2.